The standard InChI is InChI=1S/C12H13BrN4O2/c13-10-3-1-9(2-4-10)11-14-16-17(15-11)5-12(6-18)7-19-8-12/h1-4,18H,5-8H2. The number of aromatic nitrogens is 4. The first-order valence-electron chi connectivity index (χ1n) is 5.93. The second kappa shape index (κ2) is 4.99. The van der Waals surface area contributed by atoms with Gasteiger partial charge in [-0.25, -0.2) is 0 Å². The molecule has 100 valence electrons. The Balaban J connectivity index is 1.77. The van der Waals surface area contributed by atoms with Gasteiger partial charge in [0.05, 0.1) is 31.8 Å². The second-order valence-corrected chi connectivity index (χ2v) is 5.72. The van der Waals surface area contributed by atoms with Crippen molar-refractivity contribution in [2.75, 3.05) is 19.8 Å². The van der Waals surface area contributed by atoms with E-state index in [1.807, 2.05) is 24.3 Å². The Kier molecular flexibility index (Phi) is 3.34. The average Bonchev–Trinajstić information content (AvgIpc) is 2.83. The summed E-state index contributed by atoms with van der Waals surface area (Å²) in [6, 6.07) is 7.73. The molecule has 1 aromatic heterocycles. The minimum Gasteiger partial charge on any atom is -0.396 e. The quantitative estimate of drug-likeness (QED) is 0.912. The van der Waals surface area contributed by atoms with E-state index in [1.54, 1.807) is 0 Å². The summed E-state index contributed by atoms with van der Waals surface area (Å²) in [5, 5.41) is 21.8. The van der Waals surface area contributed by atoms with E-state index in [0.717, 1.165) is 10.0 Å². The highest BCUT2D eigenvalue weighted by molar-refractivity contribution is 9.10. The Labute approximate surface area is 118 Å². The number of tetrazole rings is 1. The Morgan fingerprint density at radius 1 is 1.32 bits per heavy atom. The van der Waals surface area contributed by atoms with Crippen LogP contribution in [0.4, 0.5) is 0 Å². The molecule has 7 heteroatoms. The molecule has 0 spiro atoms. The number of nitrogens with zero attached hydrogens (tertiary/aromatic N) is 4. The van der Waals surface area contributed by atoms with E-state index in [-0.39, 0.29) is 12.0 Å². The zero-order chi connectivity index (χ0) is 13.3. The van der Waals surface area contributed by atoms with Crippen LogP contribution in [0.15, 0.2) is 28.7 Å². The van der Waals surface area contributed by atoms with Crippen LogP contribution in [0.5, 0.6) is 0 Å². The van der Waals surface area contributed by atoms with Crippen LogP contribution in [0.2, 0.25) is 0 Å². The molecule has 0 unspecified atom stereocenters. The van der Waals surface area contributed by atoms with E-state index >= 15 is 0 Å². The fourth-order valence-electron chi connectivity index (χ4n) is 1.95. The fourth-order valence-corrected chi connectivity index (χ4v) is 2.21. The van der Waals surface area contributed by atoms with Crippen molar-refractivity contribution in [3.8, 4) is 11.4 Å². The van der Waals surface area contributed by atoms with Gasteiger partial charge >= 0.3 is 0 Å². The average molecular weight is 325 g/mol. The predicted octanol–water partition coefficient (Wildman–Crippen LogP) is 1.11. The molecule has 0 bridgehead atoms. The van der Waals surface area contributed by atoms with Crippen molar-refractivity contribution in [3.63, 3.8) is 0 Å². The maximum Gasteiger partial charge on any atom is 0.204 e. The van der Waals surface area contributed by atoms with Crippen LogP contribution in [0.25, 0.3) is 11.4 Å². The summed E-state index contributed by atoms with van der Waals surface area (Å²) in [5.74, 6) is 0.584. The third-order valence-electron chi connectivity index (χ3n) is 3.18. The van der Waals surface area contributed by atoms with Gasteiger partial charge in [0.2, 0.25) is 5.82 Å². The first-order valence-corrected chi connectivity index (χ1v) is 6.72. The number of hydrogen-bond donors (Lipinski definition) is 1. The summed E-state index contributed by atoms with van der Waals surface area (Å²) in [4.78, 5) is 1.52. The minimum atomic E-state index is -0.252. The van der Waals surface area contributed by atoms with Gasteiger partial charge in [0.25, 0.3) is 0 Å². The smallest absolute Gasteiger partial charge is 0.204 e. The third-order valence-corrected chi connectivity index (χ3v) is 3.71. The highest BCUT2D eigenvalue weighted by Gasteiger charge is 2.39. The Morgan fingerprint density at radius 2 is 2.05 bits per heavy atom. The lowest BCUT2D eigenvalue weighted by Crippen LogP contribution is -2.49. The van der Waals surface area contributed by atoms with Crippen molar-refractivity contribution in [3.05, 3.63) is 28.7 Å². The van der Waals surface area contributed by atoms with Crippen molar-refractivity contribution >= 4 is 15.9 Å². The van der Waals surface area contributed by atoms with Crippen LogP contribution < -0.4 is 0 Å². The van der Waals surface area contributed by atoms with Gasteiger partial charge in [0.15, 0.2) is 0 Å². The van der Waals surface area contributed by atoms with Crippen LogP contribution in [0.3, 0.4) is 0 Å². The second-order valence-electron chi connectivity index (χ2n) is 4.80. The van der Waals surface area contributed by atoms with Gasteiger partial charge in [-0.05, 0) is 29.5 Å². The Hall–Kier alpha value is -1.31. The molecule has 0 radical (unpaired) electrons. The van der Waals surface area contributed by atoms with Gasteiger partial charge in [-0.1, -0.05) is 15.9 Å². The van der Waals surface area contributed by atoms with Gasteiger partial charge < -0.3 is 9.84 Å². The number of hydrogen-bond acceptors (Lipinski definition) is 5. The topological polar surface area (TPSA) is 73.1 Å². The van der Waals surface area contributed by atoms with E-state index < -0.39 is 0 Å². The largest absolute Gasteiger partial charge is 0.396 e. The molecule has 0 aliphatic carbocycles. The number of benzene rings is 1. The molecule has 0 saturated carbocycles. The number of aliphatic hydroxyl groups is 1. The SMILES string of the molecule is OCC1(Cn2nnc(-c3ccc(Br)cc3)n2)COC1. The summed E-state index contributed by atoms with van der Waals surface area (Å²) in [5.41, 5.74) is 0.662. The summed E-state index contributed by atoms with van der Waals surface area (Å²) in [6.07, 6.45) is 0. The molecule has 0 atom stereocenters. The molecule has 1 aliphatic rings. The van der Waals surface area contributed by atoms with Crippen LogP contribution >= 0.6 is 15.9 Å². The number of rotatable bonds is 4. The van der Waals surface area contributed by atoms with Gasteiger partial charge in [-0.3, -0.25) is 0 Å². The molecular weight excluding hydrogens is 312 g/mol. The van der Waals surface area contributed by atoms with Crippen LogP contribution in [0.1, 0.15) is 0 Å². The van der Waals surface area contributed by atoms with E-state index in [9.17, 15) is 5.11 Å². The van der Waals surface area contributed by atoms with E-state index in [0.29, 0.717) is 25.6 Å². The van der Waals surface area contributed by atoms with E-state index in [4.69, 9.17) is 4.74 Å². The monoisotopic (exact) mass is 324 g/mol. The van der Waals surface area contributed by atoms with Gasteiger partial charge in [0, 0.05) is 10.0 Å². The molecule has 6 nitrogen and oxygen atoms in total. The Bertz CT molecular complexity index is 560. The van der Waals surface area contributed by atoms with Crippen molar-refractivity contribution in [2.45, 2.75) is 6.54 Å². The summed E-state index contributed by atoms with van der Waals surface area (Å²) < 4.78 is 6.16. The molecule has 1 aliphatic heterocycles. The van der Waals surface area contributed by atoms with Crippen molar-refractivity contribution < 1.29 is 9.84 Å². The zero-order valence-electron chi connectivity index (χ0n) is 10.2. The summed E-state index contributed by atoms with van der Waals surface area (Å²) >= 11 is 3.39. The Morgan fingerprint density at radius 3 is 2.63 bits per heavy atom. The molecule has 0 amide bonds. The molecule has 1 aromatic carbocycles. The third kappa shape index (κ3) is 2.54. The summed E-state index contributed by atoms with van der Waals surface area (Å²) in [7, 11) is 0. The van der Waals surface area contributed by atoms with Crippen molar-refractivity contribution in [2.24, 2.45) is 5.41 Å². The van der Waals surface area contributed by atoms with Gasteiger partial charge in [0.1, 0.15) is 0 Å². The highest BCUT2D eigenvalue weighted by Crippen LogP contribution is 2.28. The highest BCUT2D eigenvalue weighted by atomic mass is 79.9. The molecule has 2 heterocycles. The molecular formula is C12H13BrN4O2. The lowest BCUT2D eigenvalue weighted by Gasteiger charge is -2.38. The van der Waals surface area contributed by atoms with E-state index in [2.05, 4.69) is 31.3 Å². The van der Waals surface area contributed by atoms with Crippen molar-refractivity contribution in [1.82, 2.24) is 20.2 Å². The fraction of sp³-hybridized carbons (Fsp3) is 0.417. The lowest BCUT2D eigenvalue weighted by atomic mass is 9.87. The summed E-state index contributed by atoms with van der Waals surface area (Å²) in [6.45, 7) is 1.67. The number of halogens is 1. The zero-order valence-corrected chi connectivity index (χ0v) is 11.7. The first kappa shape index (κ1) is 12.7. The maximum absolute atomic E-state index is 9.38. The molecule has 19 heavy (non-hydrogen) atoms. The molecule has 1 fully saturated rings. The molecule has 3 rings (SSSR count). The predicted molar refractivity (Wildman–Crippen MR) is 71.3 cm³/mol. The number of aliphatic hydroxyl groups excluding tert-OH is 1. The lowest BCUT2D eigenvalue weighted by molar-refractivity contribution is -0.147. The molecule has 2 aromatic rings. The first-order chi connectivity index (χ1) is 9.21. The normalized spacial score (nSPS) is 17.2. The number of ether oxygens (including phenoxy) is 1. The van der Waals surface area contributed by atoms with Gasteiger partial charge in [-0.15, -0.1) is 10.2 Å². The van der Waals surface area contributed by atoms with Crippen LogP contribution in [-0.4, -0.2) is 45.1 Å². The molecule has 1 N–H and O–H groups in total. The van der Waals surface area contributed by atoms with E-state index in [1.165, 1.54) is 4.80 Å². The van der Waals surface area contributed by atoms with Crippen LogP contribution in [0, 0.1) is 5.41 Å². The maximum atomic E-state index is 9.38. The van der Waals surface area contributed by atoms with Crippen LogP contribution in [-0.2, 0) is 11.3 Å². The van der Waals surface area contributed by atoms with Gasteiger partial charge in [-0.2, -0.15) is 4.80 Å². The molecule has 1 saturated heterocycles. The minimum absolute atomic E-state index is 0.0716. The van der Waals surface area contributed by atoms with Crippen molar-refractivity contribution in [1.29, 1.82) is 0 Å².